The molecule has 0 saturated carbocycles. The lowest BCUT2D eigenvalue weighted by molar-refractivity contribution is -0.124. The van der Waals surface area contributed by atoms with Gasteiger partial charge in [-0.3, -0.25) is 14.5 Å². The van der Waals surface area contributed by atoms with E-state index in [-0.39, 0.29) is 17.3 Å². The molecule has 1 unspecified atom stereocenters. The summed E-state index contributed by atoms with van der Waals surface area (Å²) in [7, 11) is 3.97. The van der Waals surface area contributed by atoms with Gasteiger partial charge < -0.3 is 19.9 Å². The highest BCUT2D eigenvalue weighted by Crippen LogP contribution is 2.38. The molecule has 3 heterocycles. The lowest BCUT2D eigenvalue weighted by Crippen LogP contribution is -2.50. The van der Waals surface area contributed by atoms with Gasteiger partial charge in [-0.2, -0.15) is 13.2 Å². The summed E-state index contributed by atoms with van der Waals surface area (Å²) in [6.07, 6.45) is -3.87. The number of nitrogens with one attached hydrogen (secondary N) is 1. The third-order valence-electron chi connectivity index (χ3n) is 8.13. The van der Waals surface area contributed by atoms with E-state index in [9.17, 15) is 22.8 Å². The molecule has 1 N–H and O–H groups in total. The van der Waals surface area contributed by atoms with Gasteiger partial charge in [-0.25, -0.2) is 9.38 Å². The Labute approximate surface area is 241 Å². The zero-order valence-corrected chi connectivity index (χ0v) is 23.6. The number of carbonyl (C=O) groups is 2. The smallest absolute Gasteiger partial charge is 0.378 e. The number of anilines is 2. The molecule has 2 aromatic carbocycles. The second-order valence-electron chi connectivity index (χ2n) is 11.1. The molecule has 2 atom stereocenters. The number of benzene rings is 2. The Hall–Kier alpha value is -3.61. The van der Waals surface area contributed by atoms with Gasteiger partial charge in [0, 0.05) is 50.1 Å². The van der Waals surface area contributed by atoms with Crippen LogP contribution in [0.3, 0.4) is 0 Å². The summed E-state index contributed by atoms with van der Waals surface area (Å²) in [6.45, 7) is 5.69. The van der Waals surface area contributed by atoms with Crippen LogP contribution in [0.5, 0.6) is 0 Å². The summed E-state index contributed by atoms with van der Waals surface area (Å²) in [5.41, 5.74) is 0.961. The lowest BCUT2D eigenvalue weighted by Gasteiger charge is -2.40. The summed E-state index contributed by atoms with van der Waals surface area (Å²) in [5, 5.41) is 2.61. The number of dihydropyridines is 1. The average molecular weight is 588 g/mol. The van der Waals surface area contributed by atoms with Crippen LogP contribution in [-0.2, 0) is 20.9 Å². The van der Waals surface area contributed by atoms with Crippen LogP contribution in [0.25, 0.3) is 11.1 Å². The minimum Gasteiger partial charge on any atom is -0.378 e. The number of hydrogen-bond acceptors (Lipinski definition) is 6. The van der Waals surface area contributed by atoms with Crippen molar-refractivity contribution in [1.29, 1.82) is 0 Å². The van der Waals surface area contributed by atoms with Gasteiger partial charge in [0.1, 0.15) is 11.7 Å². The maximum absolute atomic E-state index is 15.8. The fourth-order valence-corrected chi connectivity index (χ4v) is 5.31. The van der Waals surface area contributed by atoms with Gasteiger partial charge >= 0.3 is 6.18 Å². The number of alkyl halides is 3. The summed E-state index contributed by atoms with van der Waals surface area (Å²) < 4.78 is 62.2. The Kier molecular flexibility index (Phi) is 8.49. The topological polar surface area (TPSA) is 77.5 Å². The van der Waals surface area contributed by atoms with Crippen molar-refractivity contribution >= 4 is 29.4 Å². The largest absolute Gasteiger partial charge is 0.414 e. The molecular weight excluding hydrogens is 554 g/mol. The molecule has 0 bridgehead atoms. The van der Waals surface area contributed by atoms with Gasteiger partial charge in [-0.05, 0) is 50.3 Å². The van der Waals surface area contributed by atoms with Crippen LogP contribution in [-0.4, -0.2) is 93.0 Å². The number of halogens is 4. The molecule has 42 heavy (non-hydrogen) atoms. The van der Waals surface area contributed by atoms with E-state index >= 15 is 4.39 Å². The number of ether oxygens (including phenoxy) is 1. The number of aliphatic imine (C=N–C) groups is 1. The highest BCUT2D eigenvalue weighted by Gasteiger charge is 2.43. The van der Waals surface area contributed by atoms with Crippen LogP contribution < -0.4 is 10.2 Å². The first-order valence-corrected chi connectivity index (χ1v) is 13.7. The second kappa shape index (κ2) is 11.9. The zero-order chi connectivity index (χ0) is 30.2. The van der Waals surface area contributed by atoms with Crippen molar-refractivity contribution in [2.24, 2.45) is 10.9 Å². The number of nitrogens with zero attached hydrogens (tertiary/aromatic N) is 4. The van der Waals surface area contributed by atoms with Crippen LogP contribution in [0.4, 0.5) is 28.9 Å². The monoisotopic (exact) mass is 587 g/mol. The van der Waals surface area contributed by atoms with Crippen molar-refractivity contribution in [1.82, 2.24) is 9.80 Å². The molecule has 0 radical (unpaired) electrons. The Morgan fingerprint density at radius 2 is 1.95 bits per heavy atom. The molecule has 0 aliphatic carbocycles. The Morgan fingerprint density at radius 3 is 2.62 bits per heavy atom. The summed E-state index contributed by atoms with van der Waals surface area (Å²) in [6, 6.07) is 10.6. The standard InChI is InChI=1S/C30H33F4N5O3/c1-18-14-39(8-7-37(18)2)27-12-25(31)22(20-6-4-5-19(9-20)15-38(3)21-16-42-17-21)10-26(27)36-29(41)23-13-35-28(40)11-24(23)30(32,33)34/h4-6,9-13,18,21,23H,7-8,14-17H2,1-3H3,(H,36,41)/t18-,23?/m0/s1. The van der Waals surface area contributed by atoms with Gasteiger partial charge in [0.05, 0.1) is 36.2 Å². The van der Waals surface area contributed by atoms with Crippen molar-refractivity contribution in [3.63, 3.8) is 0 Å². The minimum atomic E-state index is -4.91. The van der Waals surface area contributed by atoms with E-state index in [0.717, 1.165) is 5.56 Å². The lowest BCUT2D eigenvalue weighted by atomic mass is 9.95. The van der Waals surface area contributed by atoms with Crippen LogP contribution in [0.2, 0.25) is 0 Å². The van der Waals surface area contributed by atoms with E-state index in [0.29, 0.717) is 69.0 Å². The number of hydrogen-bond donors (Lipinski definition) is 1. The Balaban J connectivity index is 1.50. The molecule has 0 aromatic heterocycles. The Bertz CT molecular complexity index is 1420. The van der Waals surface area contributed by atoms with Crippen molar-refractivity contribution in [2.45, 2.75) is 31.7 Å². The molecule has 8 nitrogen and oxygen atoms in total. The van der Waals surface area contributed by atoms with Crippen LogP contribution in [0, 0.1) is 11.7 Å². The summed E-state index contributed by atoms with van der Waals surface area (Å²) >= 11 is 0. The van der Waals surface area contributed by atoms with Gasteiger partial charge in [-0.15, -0.1) is 0 Å². The van der Waals surface area contributed by atoms with Crippen molar-refractivity contribution in [2.75, 3.05) is 57.2 Å². The number of carbonyl (C=O) groups excluding carboxylic acids is 2. The average Bonchev–Trinajstić information content (AvgIpc) is 2.89. The normalized spacial score (nSPS) is 21.9. The van der Waals surface area contributed by atoms with Gasteiger partial charge in [0.15, 0.2) is 0 Å². The molecule has 0 spiro atoms. The third-order valence-corrected chi connectivity index (χ3v) is 8.13. The highest BCUT2D eigenvalue weighted by atomic mass is 19.4. The molecule has 2 amide bonds. The second-order valence-corrected chi connectivity index (χ2v) is 11.1. The number of amides is 2. The third kappa shape index (κ3) is 6.40. The predicted octanol–water partition coefficient (Wildman–Crippen LogP) is 4.12. The molecule has 224 valence electrons. The number of piperazine rings is 1. The maximum atomic E-state index is 15.8. The molecule has 2 saturated heterocycles. The number of likely N-dealkylation sites (N-methyl/N-ethyl adjacent to an activating group) is 2. The molecular formula is C30H33F4N5O3. The van der Waals surface area contributed by atoms with Crippen molar-refractivity contribution < 1.29 is 31.9 Å². The predicted molar refractivity (Wildman–Crippen MR) is 152 cm³/mol. The van der Waals surface area contributed by atoms with Crippen LogP contribution >= 0.6 is 0 Å². The minimum absolute atomic E-state index is 0.121. The van der Waals surface area contributed by atoms with Crippen LogP contribution in [0.1, 0.15) is 12.5 Å². The summed E-state index contributed by atoms with van der Waals surface area (Å²) in [5.74, 6) is -4.45. The summed E-state index contributed by atoms with van der Waals surface area (Å²) in [4.78, 5) is 34.5. The van der Waals surface area contributed by atoms with Gasteiger partial charge in [-0.1, -0.05) is 18.2 Å². The van der Waals surface area contributed by atoms with Gasteiger partial charge in [0.25, 0.3) is 5.91 Å². The van der Waals surface area contributed by atoms with E-state index in [4.69, 9.17) is 4.74 Å². The van der Waals surface area contributed by atoms with E-state index in [2.05, 4.69) is 20.1 Å². The fraction of sp³-hybridized carbons (Fsp3) is 0.433. The first-order chi connectivity index (χ1) is 19.9. The SMILES string of the molecule is C[C@H]1CN(c2cc(F)c(-c3cccc(CN(C)C4COC4)c3)cc2NC(=O)C2C=NC(=O)C=C2C(F)(F)F)CCN1C. The molecule has 5 rings (SSSR count). The molecule has 12 heteroatoms. The first-order valence-electron chi connectivity index (χ1n) is 13.7. The Morgan fingerprint density at radius 1 is 1.19 bits per heavy atom. The zero-order valence-electron chi connectivity index (χ0n) is 23.6. The van der Waals surface area contributed by atoms with Gasteiger partial charge in [0.2, 0.25) is 5.91 Å². The van der Waals surface area contributed by atoms with E-state index in [1.165, 1.54) is 12.1 Å². The molecule has 3 aliphatic heterocycles. The van der Waals surface area contributed by atoms with E-state index < -0.39 is 35.3 Å². The van der Waals surface area contributed by atoms with E-state index in [1.54, 1.807) is 6.07 Å². The molecule has 2 fully saturated rings. The fourth-order valence-electron chi connectivity index (χ4n) is 5.31. The van der Waals surface area contributed by atoms with Crippen LogP contribution in [0.15, 0.2) is 53.0 Å². The first kappa shape index (κ1) is 29.9. The molecule has 3 aliphatic rings. The molecule has 2 aromatic rings. The maximum Gasteiger partial charge on any atom is 0.414 e. The number of rotatable bonds is 7. The van der Waals surface area contributed by atoms with Crippen molar-refractivity contribution in [3.05, 3.63) is 59.4 Å². The highest BCUT2D eigenvalue weighted by molar-refractivity contribution is 6.11. The van der Waals surface area contributed by atoms with Crippen molar-refractivity contribution in [3.8, 4) is 11.1 Å². The van der Waals surface area contributed by atoms with E-state index in [1.807, 2.05) is 44.1 Å². The quantitative estimate of drug-likeness (QED) is 0.492.